The summed E-state index contributed by atoms with van der Waals surface area (Å²) in [5.74, 6) is -4.11. The second-order valence-corrected chi connectivity index (χ2v) is 10.1. The van der Waals surface area contributed by atoms with Crippen molar-refractivity contribution in [2.45, 2.75) is 63.1 Å². The highest BCUT2D eigenvalue weighted by molar-refractivity contribution is 5.95. The average Bonchev–Trinajstić information content (AvgIpc) is 3.38. The van der Waals surface area contributed by atoms with Crippen LogP contribution in [0.3, 0.4) is 0 Å². The van der Waals surface area contributed by atoms with Gasteiger partial charge in [-0.25, -0.2) is 0 Å². The minimum Gasteiger partial charge on any atom is -0.481 e. The van der Waals surface area contributed by atoms with Crippen molar-refractivity contribution in [1.82, 2.24) is 20.9 Å². The highest BCUT2D eigenvalue weighted by Crippen LogP contribution is 2.19. The van der Waals surface area contributed by atoms with E-state index in [0.717, 1.165) is 22.0 Å². The number of H-pyrrole nitrogens is 1. The van der Waals surface area contributed by atoms with Crippen LogP contribution >= 0.6 is 0 Å². The maximum atomic E-state index is 13.3. The number of unbranched alkanes of at least 4 members (excludes halogenated alkanes) is 1. The Morgan fingerprint density at radius 2 is 1.50 bits per heavy atom. The number of aliphatic carboxylic acids is 1. The molecule has 0 unspecified atom stereocenters. The second kappa shape index (κ2) is 15.9. The molecule has 4 amide bonds. The van der Waals surface area contributed by atoms with Crippen LogP contribution in [0.4, 0.5) is 0 Å². The van der Waals surface area contributed by atoms with E-state index < -0.39 is 48.2 Å². The molecule has 12 nitrogen and oxygen atoms in total. The number of para-hydroxylation sites is 1. The first-order chi connectivity index (χ1) is 20.2. The van der Waals surface area contributed by atoms with Gasteiger partial charge in [0.25, 0.3) is 0 Å². The second-order valence-electron chi connectivity index (χ2n) is 10.1. The zero-order valence-corrected chi connectivity index (χ0v) is 23.3. The van der Waals surface area contributed by atoms with Gasteiger partial charge in [-0.2, -0.15) is 0 Å². The molecule has 0 radical (unpaired) electrons. The SMILES string of the molecule is NCCCC[C@H](NC(=O)CCc1c[nH]c2ccccc12)C(=O)N[C@@H](CC(=O)O)C(=O)N[C@@H](Cc1ccccc1)C(N)=O. The van der Waals surface area contributed by atoms with Crippen molar-refractivity contribution in [1.29, 1.82) is 0 Å². The van der Waals surface area contributed by atoms with Crippen molar-refractivity contribution >= 4 is 40.5 Å². The van der Waals surface area contributed by atoms with Crippen LogP contribution < -0.4 is 27.4 Å². The molecule has 0 aliphatic rings. The van der Waals surface area contributed by atoms with Crippen LogP contribution in [0.1, 0.15) is 43.2 Å². The third-order valence-electron chi connectivity index (χ3n) is 6.85. The van der Waals surface area contributed by atoms with Crippen LogP contribution in [0.25, 0.3) is 10.9 Å². The Balaban J connectivity index is 1.66. The maximum absolute atomic E-state index is 13.3. The number of carbonyl (C=O) groups is 5. The number of aromatic nitrogens is 1. The molecule has 1 aromatic heterocycles. The van der Waals surface area contributed by atoms with E-state index in [9.17, 15) is 29.1 Å². The monoisotopic (exact) mass is 578 g/mol. The molecule has 2 aromatic carbocycles. The Morgan fingerprint density at radius 1 is 0.833 bits per heavy atom. The van der Waals surface area contributed by atoms with Gasteiger partial charge in [0.05, 0.1) is 6.42 Å². The Hall–Kier alpha value is -4.71. The number of carbonyl (C=O) groups excluding carboxylic acids is 4. The smallest absolute Gasteiger partial charge is 0.305 e. The number of hydrogen-bond acceptors (Lipinski definition) is 6. The summed E-state index contributed by atoms with van der Waals surface area (Å²) in [6.45, 7) is 0.392. The number of carboxylic acids is 1. The number of primary amides is 1. The number of benzene rings is 2. The van der Waals surface area contributed by atoms with Crippen LogP contribution in [-0.4, -0.2) is 64.4 Å². The van der Waals surface area contributed by atoms with Crippen LogP contribution in [0.5, 0.6) is 0 Å². The van der Waals surface area contributed by atoms with E-state index in [1.807, 2.05) is 30.5 Å². The van der Waals surface area contributed by atoms with Crippen molar-refractivity contribution in [3.63, 3.8) is 0 Å². The molecule has 3 rings (SSSR count). The normalized spacial score (nSPS) is 13.1. The Bertz CT molecular complexity index is 1370. The molecule has 0 fully saturated rings. The third-order valence-corrected chi connectivity index (χ3v) is 6.85. The fraction of sp³-hybridized carbons (Fsp3) is 0.367. The molecule has 224 valence electrons. The summed E-state index contributed by atoms with van der Waals surface area (Å²) in [7, 11) is 0. The van der Waals surface area contributed by atoms with Gasteiger partial charge in [-0.1, -0.05) is 48.5 Å². The van der Waals surface area contributed by atoms with Crippen LogP contribution in [0.2, 0.25) is 0 Å². The van der Waals surface area contributed by atoms with Crippen molar-refractivity contribution in [3.8, 4) is 0 Å². The summed E-state index contributed by atoms with van der Waals surface area (Å²) in [6, 6.07) is 12.9. The molecule has 9 N–H and O–H groups in total. The first-order valence-corrected chi connectivity index (χ1v) is 13.9. The van der Waals surface area contributed by atoms with Gasteiger partial charge in [-0.3, -0.25) is 24.0 Å². The minimum atomic E-state index is -1.51. The van der Waals surface area contributed by atoms with E-state index in [2.05, 4.69) is 20.9 Å². The molecule has 1 heterocycles. The quantitative estimate of drug-likeness (QED) is 0.115. The van der Waals surface area contributed by atoms with Gasteiger partial charge in [-0.05, 0) is 49.4 Å². The van der Waals surface area contributed by atoms with Crippen LogP contribution in [0.15, 0.2) is 60.8 Å². The number of carboxylic acid groups (broad SMARTS) is 1. The zero-order valence-electron chi connectivity index (χ0n) is 23.3. The standard InChI is InChI=1S/C30H38N6O6/c31-15-7-6-12-23(34-26(37)14-13-20-18-33-22-11-5-4-10-21(20)22)29(41)36-25(17-27(38)39)30(42)35-24(28(32)40)16-19-8-2-1-3-9-19/h1-5,8-11,18,23-25,33H,6-7,12-17,31H2,(H2,32,40)(H,34,37)(H,35,42)(H,36,41)(H,38,39)/t23-,24-,25-/m0/s1. The summed E-state index contributed by atoms with van der Waals surface area (Å²) in [6.07, 6.45) is 3.11. The molecular weight excluding hydrogens is 540 g/mol. The Morgan fingerprint density at radius 3 is 2.19 bits per heavy atom. The maximum Gasteiger partial charge on any atom is 0.305 e. The number of amides is 4. The number of aryl methyl sites for hydroxylation is 1. The summed E-state index contributed by atoms with van der Waals surface area (Å²) in [5, 5.41) is 18.0. The van der Waals surface area contributed by atoms with E-state index in [4.69, 9.17) is 11.5 Å². The number of hydrogen-bond donors (Lipinski definition) is 7. The van der Waals surface area contributed by atoms with Gasteiger partial charge >= 0.3 is 5.97 Å². The fourth-order valence-electron chi connectivity index (χ4n) is 4.62. The molecule has 12 heteroatoms. The fourth-order valence-corrected chi connectivity index (χ4v) is 4.62. The van der Waals surface area contributed by atoms with Gasteiger partial charge in [0.2, 0.25) is 23.6 Å². The number of fused-ring (bicyclic) bond motifs is 1. The number of nitrogens with one attached hydrogen (secondary N) is 4. The molecule has 3 atom stereocenters. The van der Waals surface area contributed by atoms with E-state index in [0.29, 0.717) is 25.8 Å². The molecular formula is C30H38N6O6. The molecule has 0 saturated heterocycles. The average molecular weight is 579 g/mol. The lowest BCUT2D eigenvalue weighted by atomic mass is 10.0. The first-order valence-electron chi connectivity index (χ1n) is 13.9. The van der Waals surface area contributed by atoms with E-state index in [1.165, 1.54) is 0 Å². The molecule has 0 bridgehead atoms. The lowest BCUT2D eigenvalue weighted by Gasteiger charge is -2.24. The van der Waals surface area contributed by atoms with Crippen molar-refractivity contribution in [2.24, 2.45) is 11.5 Å². The molecule has 3 aromatic rings. The number of aromatic amines is 1. The predicted molar refractivity (Wildman–Crippen MR) is 157 cm³/mol. The van der Waals surface area contributed by atoms with E-state index in [1.54, 1.807) is 30.3 Å². The lowest BCUT2D eigenvalue weighted by Crippen LogP contribution is -2.57. The molecule has 0 aliphatic heterocycles. The predicted octanol–water partition coefficient (Wildman–Crippen LogP) is 0.887. The first kappa shape index (κ1) is 31.8. The van der Waals surface area contributed by atoms with Gasteiger partial charge in [0, 0.05) is 29.9 Å². The highest BCUT2D eigenvalue weighted by Gasteiger charge is 2.30. The largest absolute Gasteiger partial charge is 0.481 e. The molecule has 0 aliphatic carbocycles. The lowest BCUT2D eigenvalue weighted by molar-refractivity contribution is -0.141. The third kappa shape index (κ3) is 9.73. The van der Waals surface area contributed by atoms with Gasteiger partial charge in [0.15, 0.2) is 0 Å². The van der Waals surface area contributed by atoms with Crippen molar-refractivity contribution in [3.05, 3.63) is 71.9 Å². The summed E-state index contributed by atoms with van der Waals surface area (Å²) >= 11 is 0. The van der Waals surface area contributed by atoms with Crippen molar-refractivity contribution in [2.75, 3.05) is 6.54 Å². The Labute approximate surface area is 243 Å². The van der Waals surface area contributed by atoms with Crippen LogP contribution in [-0.2, 0) is 36.8 Å². The summed E-state index contributed by atoms with van der Waals surface area (Å²) in [5.41, 5.74) is 13.7. The summed E-state index contributed by atoms with van der Waals surface area (Å²) < 4.78 is 0. The van der Waals surface area contributed by atoms with E-state index >= 15 is 0 Å². The summed E-state index contributed by atoms with van der Waals surface area (Å²) in [4.78, 5) is 65.9. The van der Waals surface area contributed by atoms with Gasteiger partial charge < -0.3 is 37.5 Å². The minimum absolute atomic E-state index is 0.0872. The van der Waals surface area contributed by atoms with Crippen LogP contribution in [0, 0.1) is 0 Å². The Kier molecular flexibility index (Phi) is 12.1. The number of nitrogens with two attached hydrogens (primary N) is 2. The van der Waals surface area contributed by atoms with E-state index in [-0.39, 0.29) is 25.2 Å². The van der Waals surface area contributed by atoms with Crippen molar-refractivity contribution < 1.29 is 29.1 Å². The topological polar surface area (TPSA) is 209 Å². The van der Waals surface area contributed by atoms with Gasteiger partial charge in [-0.15, -0.1) is 0 Å². The molecule has 0 spiro atoms. The van der Waals surface area contributed by atoms with Gasteiger partial charge in [0.1, 0.15) is 18.1 Å². The molecule has 42 heavy (non-hydrogen) atoms. The zero-order chi connectivity index (χ0) is 30.5. The number of rotatable bonds is 17. The molecule has 0 saturated carbocycles. The highest BCUT2D eigenvalue weighted by atomic mass is 16.4.